The van der Waals surface area contributed by atoms with Crippen molar-refractivity contribution < 1.29 is 14.3 Å². The standard InChI is InChI=1S/C24H40N6O4/c1-3-4-17-34-23-27-20(25)19-21(28-23)30(24(32)26-19)14-10-8-6-5-7-9-13-29-15-11-18(12-16-29)22(31)33-2/h18H,3-17H2,1-2H3,(H,26,32)(H2,25,27,28). The van der Waals surface area contributed by atoms with Crippen LogP contribution in [-0.2, 0) is 16.1 Å². The van der Waals surface area contributed by atoms with E-state index in [9.17, 15) is 9.59 Å². The number of likely N-dealkylation sites (tertiary alicyclic amines) is 1. The van der Waals surface area contributed by atoms with Gasteiger partial charge in [-0.25, -0.2) is 4.79 Å². The number of nitrogens with zero attached hydrogens (tertiary/aromatic N) is 4. The maximum absolute atomic E-state index is 12.4. The third-order valence-electron chi connectivity index (χ3n) is 6.59. The lowest BCUT2D eigenvalue weighted by Gasteiger charge is -2.30. The second kappa shape index (κ2) is 13.3. The molecule has 2 aromatic rings. The summed E-state index contributed by atoms with van der Waals surface area (Å²) in [5, 5.41) is 0. The molecule has 3 N–H and O–H groups in total. The number of ether oxygens (including phenoxy) is 2. The summed E-state index contributed by atoms with van der Waals surface area (Å²) in [7, 11) is 1.47. The molecule has 10 nitrogen and oxygen atoms in total. The number of nitrogens with one attached hydrogen (secondary N) is 1. The Labute approximate surface area is 201 Å². The molecule has 0 bridgehead atoms. The van der Waals surface area contributed by atoms with Gasteiger partial charge < -0.3 is 25.1 Å². The van der Waals surface area contributed by atoms with Crippen molar-refractivity contribution in [3.8, 4) is 6.01 Å². The molecule has 2 aromatic heterocycles. The number of H-pyrrole nitrogens is 1. The Kier molecular flexibility index (Phi) is 10.2. The number of unbranched alkanes of at least 4 members (excludes halogenated alkanes) is 6. The van der Waals surface area contributed by atoms with Crippen LogP contribution in [0.1, 0.15) is 71.1 Å². The van der Waals surface area contributed by atoms with Crippen LogP contribution in [0.4, 0.5) is 5.82 Å². The lowest BCUT2D eigenvalue weighted by atomic mass is 9.97. The molecule has 0 saturated carbocycles. The van der Waals surface area contributed by atoms with E-state index in [0.29, 0.717) is 24.3 Å². The molecule has 0 unspecified atom stereocenters. The van der Waals surface area contributed by atoms with Crippen LogP contribution in [0, 0.1) is 5.92 Å². The number of aromatic amines is 1. The zero-order valence-electron chi connectivity index (χ0n) is 20.7. The molecule has 0 amide bonds. The highest BCUT2D eigenvalue weighted by atomic mass is 16.5. The van der Waals surface area contributed by atoms with Crippen LogP contribution in [0.5, 0.6) is 6.01 Å². The minimum atomic E-state index is -0.210. The molecule has 190 valence electrons. The highest BCUT2D eigenvalue weighted by Gasteiger charge is 2.25. The Morgan fingerprint density at radius 3 is 2.41 bits per heavy atom. The summed E-state index contributed by atoms with van der Waals surface area (Å²) in [5.41, 5.74) is 6.79. The zero-order valence-corrected chi connectivity index (χ0v) is 20.7. The fourth-order valence-corrected chi connectivity index (χ4v) is 4.48. The summed E-state index contributed by atoms with van der Waals surface area (Å²) in [6.45, 7) is 6.28. The Morgan fingerprint density at radius 2 is 1.74 bits per heavy atom. The number of carbonyl (C=O) groups is 1. The molecule has 0 aliphatic carbocycles. The van der Waals surface area contributed by atoms with Crippen molar-refractivity contribution in [3.05, 3.63) is 10.5 Å². The number of piperidine rings is 1. The van der Waals surface area contributed by atoms with Crippen molar-refractivity contribution in [2.45, 2.75) is 77.7 Å². The molecule has 0 aromatic carbocycles. The molecular weight excluding hydrogens is 436 g/mol. The van der Waals surface area contributed by atoms with Crippen molar-refractivity contribution in [2.75, 3.05) is 39.1 Å². The van der Waals surface area contributed by atoms with Crippen molar-refractivity contribution in [2.24, 2.45) is 5.92 Å². The second-order valence-corrected chi connectivity index (χ2v) is 9.13. The SMILES string of the molecule is CCCCOc1nc(N)c2[nH]c(=O)n(CCCCCCCCN3CCC(C(=O)OC)CC3)c2n1. The van der Waals surface area contributed by atoms with Crippen molar-refractivity contribution in [3.63, 3.8) is 0 Å². The number of anilines is 1. The van der Waals surface area contributed by atoms with Gasteiger partial charge in [0.1, 0.15) is 5.52 Å². The number of nitrogens with two attached hydrogens (primary N) is 1. The fraction of sp³-hybridized carbons (Fsp3) is 0.750. The Balaban J connectivity index is 1.34. The highest BCUT2D eigenvalue weighted by molar-refractivity contribution is 5.81. The quantitative estimate of drug-likeness (QED) is 0.314. The Hall–Kier alpha value is -2.62. The van der Waals surface area contributed by atoms with Crippen LogP contribution < -0.4 is 16.2 Å². The first kappa shape index (κ1) is 26.0. The van der Waals surface area contributed by atoms with Gasteiger partial charge in [0, 0.05) is 6.54 Å². The number of carbonyl (C=O) groups excluding carboxylic acids is 1. The summed E-state index contributed by atoms with van der Waals surface area (Å²) >= 11 is 0. The van der Waals surface area contributed by atoms with E-state index in [4.69, 9.17) is 15.2 Å². The number of nitrogen functional groups attached to an aromatic ring is 1. The summed E-state index contributed by atoms with van der Waals surface area (Å²) in [5.74, 6) is 0.252. The minimum absolute atomic E-state index is 0.0637. The maximum Gasteiger partial charge on any atom is 0.327 e. The minimum Gasteiger partial charge on any atom is -0.469 e. The van der Waals surface area contributed by atoms with Crippen LogP contribution in [0.15, 0.2) is 4.79 Å². The van der Waals surface area contributed by atoms with Crippen LogP contribution in [0.2, 0.25) is 0 Å². The summed E-state index contributed by atoms with van der Waals surface area (Å²) < 4.78 is 12.1. The molecular formula is C24H40N6O4. The molecule has 1 fully saturated rings. The van der Waals surface area contributed by atoms with Crippen LogP contribution in [-0.4, -0.2) is 63.7 Å². The van der Waals surface area contributed by atoms with E-state index in [1.165, 1.54) is 26.4 Å². The maximum atomic E-state index is 12.4. The smallest absolute Gasteiger partial charge is 0.327 e. The van der Waals surface area contributed by atoms with Gasteiger partial charge in [-0.15, -0.1) is 0 Å². The number of esters is 1. The number of fused-ring (bicyclic) bond motifs is 1. The first-order valence-electron chi connectivity index (χ1n) is 12.7. The van der Waals surface area contributed by atoms with E-state index in [1.807, 2.05) is 0 Å². The average Bonchev–Trinajstić information content (AvgIpc) is 3.16. The van der Waals surface area contributed by atoms with E-state index in [0.717, 1.165) is 64.6 Å². The summed E-state index contributed by atoms with van der Waals surface area (Å²) in [6, 6.07) is 0.223. The van der Waals surface area contributed by atoms with Gasteiger partial charge in [-0.3, -0.25) is 9.36 Å². The van der Waals surface area contributed by atoms with Gasteiger partial charge in [0.2, 0.25) is 0 Å². The van der Waals surface area contributed by atoms with Crippen LogP contribution in [0.25, 0.3) is 11.2 Å². The van der Waals surface area contributed by atoms with Gasteiger partial charge in [0.15, 0.2) is 11.5 Å². The summed E-state index contributed by atoms with van der Waals surface area (Å²) in [4.78, 5) is 37.8. The predicted molar refractivity (Wildman–Crippen MR) is 132 cm³/mol. The zero-order chi connectivity index (χ0) is 24.3. The van der Waals surface area contributed by atoms with Gasteiger partial charge in [0.25, 0.3) is 0 Å². The number of imidazole rings is 1. The van der Waals surface area contributed by atoms with Gasteiger partial charge in [-0.1, -0.05) is 39.0 Å². The molecule has 3 rings (SSSR count). The largest absolute Gasteiger partial charge is 0.469 e. The number of hydrogen-bond donors (Lipinski definition) is 2. The second-order valence-electron chi connectivity index (χ2n) is 9.13. The normalized spacial score (nSPS) is 15.1. The monoisotopic (exact) mass is 476 g/mol. The fourth-order valence-electron chi connectivity index (χ4n) is 4.48. The van der Waals surface area contributed by atoms with Gasteiger partial charge >= 0.3 is 17.7 Å². The first-order valence-corrected chi connectivity index (χ1v) is 12.7. The predicted octanol–water partition coefficient (Wildman–Crippen LogP) is 3.11. The molecule has 0 atom stereocenters. The third kappa shape index (κ3) is 7.19. The lowest BCUT2D eigenvalue weighted by Crippen LogP contribution is -2.37. The number of aromatic nitrogens is 4. The molecule has 1 aliphatic heterocycles. The van der Waals surface area contributed by atoms with E-state index < -0.39 is 0 Å². The van der Waals surface area contributed by atoms with E-state index in [-0.39, 0.29) is 29.4 Å². The van der Waals surface area contributed by atoms with Crippen molar-refractivity contribution in [1.29, 1.82) is 0 Å². The van der Waals surface area contributed by atoms with E-state index in [2.05, 4.69) is 26.8 Å². The number of aryl methyl sites for hydroxylation is 1. The third-order valence-corrected chi connectivity index (χ3v) is 6.59. The molecule has 3 heterocycles. The number of rotatable bonds is 14. The number of methoxy groups -OCH3 is 1. The first-order chi connectivity index (χ1) is 16.5. The van der Waals surface area contributed by atoms with Gasteiger partial charge in [0.05, 0.1) is 19.6 Å². The Bertz CT molecular complexity index is 964. The summed E-state index contributed by atoms with van der Waals surface area (Å²) in [6.07, 6.45) is 10.4. The lowest BCUT2D eigenvalue weighted by molar-refractivity contribution is -0.147. The van der Waals surface area contributed by atoms with Crippen LogP contribution >= 0.6 is 0 Å². The van der Waals surface area contributed by atoms with Crippen molar-refractivity contribution in [1.82, 2.24) is 24.4 Å². The topological polar surface area (TPSA) is 128 Å². The molecule has 1 saturated heterocycles. The van der Waals surface area contributed by atoms with Crippen LogP contribution in [0.3, 0.4) is 0 Å². The molecule has 1 aliphatic rings. The van der Waals surface area contributed by atoms with Crippen molar-refractivity contribution >= 4 is 23.0 Å². The Morgan fingerprint density at radius 1 is 1.06 bits per heavy atom. The van der Waals surface area contributed by atoms with E-state index in [1.54, 1.807) is 4.57 Å². The molecule has 10 heteroatoms. The average molecular weight is 477 g/mol. The highest BCUT2D eigenvalue weighted by Crippen LogP contribution is 2.20. The molecule has 0 spiro atoms. The van der Waals surface area contributed by atoms with E-state index >= 15 is 0 Å². The van der Waals surface area contributed by atoms with Gasteiger partial charge in [-0.2, -0.15) is 9.97 Å². The number of hydrogen-bond acceptors (Lipinski definition) is 8. The molecule has 34 heavy (non-hydrogen) atoms. The molecule has 0 radical (unpaired) electrons. The van der Waals surface area contributed by atoms with Gasteiger partial charge in [-0.05, 0) is 51.7 Å².